The third kappa shape index (κ3) is 5.47. The Hall–Kier alpha value is -2.68. The van der Waals surface area contributed by atoms with Gasteiger partial charge >= 0.3 is 5.97 Å². The molecular weight excluding hydrogens is 406 g/mol. The molecule has 9 heteroatoms. The van der Waals surface area contributed by atoms with Gasteiger partial charge in [0, 0.05) is 13.1 Å². The number of nitrogens with zero attached hydrogens (tertiary/aromatic N) is 1. The predicted octanol–water partition coefficient (Wildman–Crippen LogP) is 1.78. The molecule has 8 nitrogen and oxygen atoms in total. The maximum absolute atomic E-state index is 12.7. The molecule has 1 saturated heterocycles. The van der Waals surface area contributed by atoms with E-state index in [1.165, 1.54) is 7.11 Å². The van der Waals surface area contributed by atoms with Crippen LogP contribution in [0.15, 0.2) is 24.3 Å². The van der Waals surface area contributed by atoms with Crippen molar-refractivity contribution in [1.29, 1.82) is 0 Å². The van der Waals surface area contributed by atoms with E-state index in [1.54, 1.807) is 29.2 Å². The molecule has 1 heterocycles. The average molecular weight is 434 g/mol. The number of ether oxygens (including phenoxy) is 2. The largest absolute Gasteiger partial charge is 0.496 e. The van der Waals surface area contributed by atoms with Crippen molar-refractivity contribution in [2.24, 2.45) is 0 Å². The molecule has 30 heavy (non-hydrogen) atoms. The number of hydrogen-bond donors (Lipinski definition) is 2. The second kappa shape index (κ2) is 10.4. The third-order valence-corrected chi connectivity index (χ3v) is 5.71. The van der Waals surface area contributed by atoms with Gasteiger partial charge in [0.25, 0.3) is 5.91 Å². The van der Waals surface area contributed by atoms with Crippen LogP contribution in [0.4, 0.5) is 0 Å². The van der Waals surface area contributed by atoms with Gasteiger partial charge in [0.1, 0.15) is 17.9 Å². The SMILES string of the molecule is COc1ccccc1C(=O)NC(=S)N1CCNC(=O)C1CC(=O)OC1CCCCC1. The normalized spacial score (nSPS) is 19.6. The zero-order valence-electron chi connectivity index (χ0n) is 17.0. The van der Waals surface area contributed by atoms with Crippen molar-refractivity contribution in [3.05, 3.63) is 29.8 Å². The lowest BCUT2D eigenvalue weighted by molar-refractivity contribution is -0.153. The summed E-state index contributed by atoms with van der Waals surface area (Å²) in [6, 6.07) is 5.96. The Morgan fingerprint density at radius 2 is 1.97 bits per heavy atom. The zero-order valence-corrected chi connectivity index (χ0v) is 17.8. The number of rotatable bonds is 5. The van der Waals surface area contributed by atoms with Gasteiger partial charge in [-0.15, -0.1) is 0 Å². The Morgan fingerprint density at radius 1 is 1.23 bits per heavy atom. The number of hydrogen-bond acceptors (Lipinski definition) is 6. The molecule has 162 valence electrons. The molecule has 1 unspecified atom stereocenters. The van der Waals surface area contributed by atoms with E-state index in [2.05, 4.69) is 10.6 Å². The van der Waals surface area contributed by atoms with Crippen LogP contribution in [-0.2, 0) is 14.3 Å². The van der Waals surface area contributed by atoms with E-state index in [4.69, 9.17) is 21.7 Å². The summed E-state index contributed by atoms with van der Waals surface area (Å²) in [4.78, 5) is 39.1. The molecule has 1 aromatic rings. The molecule has 2 amide bonds. The Morgan fingerprint density at radius 3 is 2.70 bits per heavy atom. The average Bonchev–Trinajstić information content (AvgIpc) is 2.75. The van der Waals surface area contributed by atoms with Crippen LogP contribution in [-0.4, -0.2) is 60.1 Å². The molecule has 0 radical (unpaired) electrons. The summed E-state index contributed by atoms with van der Waals surface area (Å²) in [5, 5.41) is 5.49. The number of amides is 2. The fraction of sp³-hybridized carbons (Fsp3) is 0.524. The number of nitrogens with one attached hydrogen (secondary N) is 2. The fourth-order valence-electron chi connectivity index (χ4n) is 3.80. The van der Waals surface area contributed by atoms with Gasteiger partial charge in [-0.1, -0.05) is 18.6 Å². The van der Waals surface area contributed by atoms with Crippen LogP contribution in [0, 0.1) is 0 Å². The van der Waals surface area contributed by atoms with Crippen molar-refractivity contribution in [2.45, 2.75) is 50.7 Å². The summed E-state index contributed by atoms with van der Waals surface area (Å²) < 4.78 is 10.8. The molecule has 2 fully saturated rings. The van der Waals surface area contributed by atoms with E-state index >= 15 is 0 Å². The lowest BCUT2D eigenvalue weighted by Gasteiger charge is -2.36. The van der Waals surface area contributed by atoms with Crippen molar-refractivity contribution in [3.63, 3.8) is 0 Å². The van der Waals surface area contributed by atoms with Crippen molar-refractivity contribution < 1.29 is 23.9 Å². The third-order valence-electron chi connectivity index (χ3n) is 5.37. The molecule has 1 aromatic carbocycles. The fourth-order valence-corrected chi connectivity index (χ4v) is 4.12. The number of para-hydroxylation sites is 1. The van der Waals surface area contributed by atoms with Gasteiger partial charge in [0.2, 0.25) is 5.91 Å². The Bertz CT molecular complexity index is 810. The molecule has 2 aliphatic rings. The minimum Gasteiger partial charge on any atom is -0.496 e. The monoisotopic (exact) mass is 433 g/mol. The van der Waals surface area contributed by atoms with Gasteiger partial charge < -0.3 is 19.7 Å². The lowest BCUT2D eigenvalue weighted by Crippen LogP contribution is -2.60. The van der Waals surface area contributed by atoms with E-state index < -0.39 is 17.9 Å². The highest BCUT2D eigenvalue weighted by atomic mass is 32.1. The van der Waals surface area contributed by atoms with Gasteiger partial charge in [-0.2, -0.15) is 0 Å². The number of benzene rings is 1. The van der Waals surface area contributed by atoms with Crippen LogP contribution in [0.5, 0.6) is 5.75 Å². The maximum atomic E-state index is 12.7. The van der Waals surface area contributed by atoms with Crippen molar-refractivity contribution in [1.82, 2.24) is 15.5 Å². The number of thiocarbonyl (C=S) groups is 1. The Balaban J connectivity index is 1.64. The second-order valence-corrected chi connectivity index (χ2v) is 7.80. The number of piperazine rings is 1. The van der Waals surface area contributed by atoms with E-state index in [1.807, 2.05) is 0 Å². The minimum atomic E-state index is -0.819. The summed E-state index contributed by atoms with van der Waals surface area (Å²) >= 11 is 5.40. The predicted molar refractivity (Wildman–Crippen MR) is 114 cm³/mol. The number of carbonyl (C=O) groups excluding carboxylic acids is 3. The molecule has 0 spiro atoms. The molecule has 0 bridgehead atoms. The van der Waals surface area contributed by atoms with Gasteiger partial charge in [-0.05, 0) is 50.0 Å². The Labute approximate surface area is 181 Å². The van der Waals surface area contributed by atoms with Crippen LogP contribution < -0.4 is 15.4 Å². The second-order valence-electron chi connectivity index (χ2n) is 7.41. The standard InChI is InChI=1S/C21H27N3O5S/c1-28-17-10-6-5-9-15(17)19(26)23-21(30)24-12-11-22-20(27)16(24)13-18(25)29-14-7-3-2-4-8-14/h5-6,9-10,14,16H,2-4,7-8,11-13H2,1H3,(H,22,27)(H,23,26,30). The first-order chi connectivity index (χ1) is 14.5. The Kier molecular flexibility index (Phi) is 7.62. The summed E-state index contributed by atoms with van der Waals surface area (Å²) in [5.74, 6) is -0.752. The molecule has 2 N–H and O–H groups in total. The highest BCUT2D eigenvalue weighted by molar-refractivity contribution is 7.80. The van der Waals surface area contributed by atoms with E-state index in [9.17, 15) is 14.4 Å². The molecule has 1 saturated carbocycles. The zero-order chi connectivity index (χ0) is 21.5. The maximum Gasteiger partial charge on any atom is 0.308 e. The quantitative estimate of drug-likeness (QED) is 0.540. The van der Waals surface area contributed by atoms with E-state index in [0.29, 0.717) is 24.4 Å². The smallest absolute Gasteiger partial charge is 0.308 e. The summed E-state index contributed by atoms with van der Waals surface area (Å²) in [5.41, 5.74) is 0.331. The molecule has 0 aromatic heterocycles. The van der Waals surface area contributed by atoms with Gasteiger partial charge in [-0.25, -0.2) is 0 Å². The van der Waals surface area contributed by atoms with Crippen LogP contribution in [0.2, 0.25) is 0 Å². The molecular formula is C21H27N3O5S. The number of methoxy groups -OCH3 is 1. The lowest BCUT2D eigenvalue weighted by atomic mass is 9.98. The molecule has 3 rings (SSSR count). The van der Waals surface area contributed by atoms with Crippen molar-refractivity contribution in [2.75, 3.05) is 20.2 Å². The van der Waals surface area contributed by atoms with Crippen LogP contribution in [0.1, 0.15) is 48.9 Å². The van der Waals surface area contributed by atoms with E-state index in [-0.39, 0.29) is 23.5 Å². The minimum absolute atomic E-state index is 0.0800. The van der Waals surface area contributed by atoms with Crippen LogP contribution >= 0.6 is 12.2 Å². The topological polar surface area (TPSA) is 97.0 Å². The number of carbonyl (C=O) groups is 3. The van der Waals surface area contributed by atoms with Gasteiger partial charge in [0.15, 0.2) is 5.11 Å². The van der Waals surface area contributed by atoms with Gasteiger partial charge in [-0.3, -0.25) is 19.7 Å². The first-order valence-electron chi connectivity index (χ1n) is 10.2. The van der Waals surface area contributed by atoms with Crippen molar-refractivity contribution in [3.8, 4) is 5.75 Å². The highest BCUT2D eigenvalue weighted by Crippen LogP contribution is 2.22. The van der Waals surface area contributed by atoms with Crippen LogP contribution in [0.3, 0.4) is 0 Å². The first kappa shape index (κ1) is 22.0. The molecule has 1 aliphatic carbocycles. The molecule has 1 aliphatic heterocycles. The first-order valence-corrected chi connectivity index (χ1v) is 10.6. The van der Waals surface area contributed by atoms with Crippen molar-refractivity contribution >= 4 is 35.1 Å². The number of esters is 1. The molecule has 1 atom stereocenters. The van der Waals surface area contributed by atoms with Gasteiger partial charge in [0.05, 0.1) is 19.1 Å². The summed E-state index contributed by atoms with van der Waals surface area (Å²) in [6.45, 7) is 0.760. The summed E-state index contributed by atoms with van der Waals surface area (Å²) in [6.07, 6.45) is 4.78. The highest BCUT2D eigenvalue weighted by Gasteiger charge is 2.35. The summed E-state index contributed by atoms with van der Waals surface area (Å²) in [7, 11) is 1.48. The van der Waals surface area contributed by atoms with Crippen LogP contribution in [0.25, 0.3) is 0 Å². The van der Waals surface area contributed by atoms with E-state index in [0.717, 1.165) is 32.1 Å².